The lowest BCUT2D eigenvalue weighted by Crippen LogP contribution is -2.02. The predicted octanol–water partition coefficient (Wildman–Crippen LogP) is 4.76. The summed E-state index contributed by atoms with van der Waals surface area (Å²) in [6.45, 7) is 2.91. The van der Waals surface area contributed by atoms with Gasteiger partial charge in [-0.15, -0.1) is 0 Å². The van der Waals surface area contributed by atoms with Crippen molar-refractivity contribution in [2.75, 3.05) is 5.32 Å². The third-order valence-electron chi connectivity index (χ3n) is 3.87. The Morgan fingerprint density at radius 1 is 1.29 bits per heavy atom. The van der Waals surface area contributed by atoms with Gasteiger partial charge in [0.2, 0.25) is 5.95 Å². The van der Waals surface area contributed by atoms with Crippen molar-refractivity contribution in [3.05, 3.63) is 52.0 Å². The number of nitrogens with one attached hydrogen (secondary N) is 1. The number of hydrogen-bond donors (Lipinski definition) is 1. The van der Waals surface area contributed by atoms with Crippen LogP contribution in [0.5, 0.6) is 0 Å². The van der Waals surface area contributed by atoms with E-state index in [2.05, 4.69) is 10.3 Å². The number of aryl methyl sites for hydroxylation is 2. The predicted molar refractivity (Wildman–Crippen MR) is 90.1 cm³/mol. The quantitative estimate of drug-likeness (QED) is 0.693. The van der Waals surface area contributed by atoms with Gasteiger partial charge in [0, 0.05) is 13.1 Å². The Kier molecular flexibility index (Phi) is 4.01. The van der Waals surface area contributed by atoms with E-state index >= 15 is 0 Å². The fourth-order valence-electron chi connectivity index (χ4n) is 2.48. The minimum absolute atomic E-state index is 0.0353. The Hall–Kier alpha value is -2.47. The van der Waals surface area contributed by atoms with Crippen LogP contribution in [0.4, 0.5) is 20.4 Å². The summed E-state index contributed by atoms with van der Waals surface area (Å²) >= 11 is 6.05. The normalized spacial score (nSPS) is 11.1. The van der Waals surface area contributed by atoms with Crippen LogP contribution in [0.25, 0.3) is 11.0 Å². The number of imidazole rings is 1. The first kappa shape index (κ1) is 16.4. The average molecular weight is 350 g/mol. The molecule has 0 aliphatic heterocycles. The van der Waals surface area contributed by atoms with Gasteiger partial charge in [-0.1, -0.05) is 17.7 Å². The molecule has 124 valence electrons. The molecule has 0 aliphatic carbocycles. The molecule has 0 saturated heterocycles. The Balaban J connectivity index is 2.13. The van der Waals surface area contributed by atoms with Gasteiger partial charge in [-0.05, 0) is 31.5 Å². The molecule has 0 unspecified atom stereocenters. The van der Waals surface area contributed by atoms with Crippen LogP contribution in [0.2, 0.25) is 5.02 Å². The van der Waals surface area contributed by atoms with E-state index in [1.54, 1.807) is 30.7 Å². The molecule has 0 atom stereocenters. The average Bonchev–Trinajstić information content (AvgIpc) is 2.82. The topological polar surface area (TPSA) is 46.9 Å². The van der Waals surface area contributed by atoms with Crippen LogP contribution in [0.15, 0.2) is 24.3 Å². The molecule has 0 spiro atoms. The molecule has 0 amide bonds. The molecule has 4 nitrogen and oxygen atoms in total. The van der Waals surface area contributed by atoms with E-state index in [0.29, 0.717) is 16.6 Å². The second kappa shape index (κ2) is 5.87. The van der Waals surface area contributed by atoms with Gasteiger partial charge in [0.15, 0.2) is 11.6 Å². The van der Waals surface area contributed by atoms with Gasteiger partial charge in [0.25, 0.3) is 0 Å². The molecule has 0 bridgehead atoms. The summed E-state index contributed by atoms with van der Waals surface area (Å²) in [5.41, 5.74) is 1.40. The molecule has 1 aromatic heterocycles. The first-order valence-electron chi connectivity index (χ1n) is 7.18. The number of carbonyl (C=O) groups excluding carboxylic acids is 1. The molecule has 3 aromatic rings. The fraction of sp³-hybridized carbons (Fsp3) is 0.176. The van der Waals surface area contributed by atoms with E-state index in [9.17, 15) is 13.6 Å². The Bertz CT molecular complexity index is 982. The first-order chi connectivity index (χ1) is 11.3. The molecule has 2 aromatic carbocycles. The third-order valence-corrected chi connectivity index (χ3v) is 4.18. The van der Waals surface area contributed by atoms with Gasteiger partial charge >= 0.3 is 0 Å². The highest BCUT2D eigenvalue weighted by Crippen LogP contribution is 2.31. The van der Waals surface area contributed by atoms with Gasteiger partial charge < -0.3 is 9.88 Å². The zero-order valence-electron chi connectivity index (χ0n) is 13.2. The number of fused-ring (bicyclic) bond motifs is 1. The van der Waals surface area contributed by atoms with Crippen molar-refractivity contribution in [2.45, 2.75) is 13.8 Å². The summed E-state index contributed by atoms with van der Waals surface area (Å²) in [5.74, 6) is -1.20. The molecule has 0 saturated carbocycles. The van der Waals surface area contributed by atoms with E-state index < -0.39 is 11.6 Å². The molecule has 7 heteroatoms. The summed E-state index contributed by atoms with van der Waals surface area (Å²) in [5, 5.41) is 3.05. The van der Waals surface area contributed by atoms with Crippen LogP contribution in [0.3, 0.4) is 0 Å². The number of ketones is 1. The number of Topliss-reactive ketones (excluding diaryl/α,β-unsaturated/α-hetero) is 1. The lowest BCUT2D eigenvalue weighted by molar-refractivity contribution is 0.101. The van der Waals surface area contributed by atoms with Crippen molar-refractivity contribution in [3.63, 3.8) is 0 Å². The molecule has 3 rings (SSSR count). The molecule has 1 heterocycles. The Labute approximate surface area is 142 Å². The van der Waals surface area contributed by atoms with Gasteiger partial charge in [-0.3, -0.25) is 4.79 Å². The minimum Gasteiger partial charge on any atom is -0.322 e. The lowest BCUT2D eigenvalue weighted by atomic mass is 10.1. The smallest absolute Gasteiger partial charge is 0.208 e. The standard InChI is InChI=1S/C17H14ClF2N3O/c1-8-4-5-11(18)16(15(8)20)22-17-21-13-6-10(9(2)24)12(19)7-14(13)23(17)3/h4-7H,1-3H3,(H,21,22). The zero-order chi connectivity index (χ0) is 17.6. The number of aromatic nitrogens is 2. The van der Waals surface area contributed by atoms with Crippen molar-refractivity contribution in [2.24, 2.45) is 7.05 Å². The first-order valence-corrected chi connectivity index (χ1v) is 7.56. The van der Waals surface area contributed by atoms with E-state index in [0.717, 1.165) is 0 Å². The maximum atomic E-state index is 14.3. The Morgan fingerprint density at radius 3 is 2.67 bits per heavy atom. The van der Waals surface area contributed by atoms with Crippen LogP contribution < -0.4 is 5.32 Å². The number of halogens is 3. The SMILES string of the molecule is CC(=O)c1cc2nc(Nc3c(Cl)ccc(C)c3F)n(C)c2cc1F. The minimum atomic E-state index is -0.621. The molecular weight excluding hydrogens is 336 g/mol. The molecule has 24 heavy (non-hydrogen) atoms. The molecule has 0 fully saturated rings. The van der Waals surface area contributed by atoms with E-state index in [4.69, 9.17) is 11.6 Å². The fourth-order valence-corrected chi connectivity index (χ4v) is 2.67. The van der Waals surface area contributed by atoms with Crippen LogP contribution >= 0.6 is 11.6 Å². The zero-order valence-corrected chi connectivity index (χ0v) is 14.0. The van der Waals surface area contributed by atoms with Gasteiger partial charge in [-0.2, -0.15) is 0 Å². The van der Waals surface area contributed by atoms with Crippen molar-refractivity contribution in [3.8, 4) is 0 Å². The van der Waals surface area contributed by atoms with Crippen LogP contribution in [-0.4, -0.2) is 15.3 Å². The van der Waals surface area contributed by atoms with Crippen LogP contribution in [0.1, 0.15) is 22.8 Å². The van der Waals surface area contributed by atoms with Gasteiger partial charge in [-0.25, -0.2) is 13.8 Å². The summed E-state index contributed by atoms with van der Waals surface area (Å²) in [6, 6.07) is 5.77. The van der Waals surface area contributed by atoms with E-state index in [1.807, 2.05) is 0 Å². The highest BCUT2D eigenvalue weighted by atomic mass is 35.5. The Morgan fingerprint density at radius 2 is 2.00 bits per heavy atom. The number of benzene rings is 2. The molecular formula is C17H14ClF2N3O. The second-order valence-electron chi connectivity index (χ2n) is 5.55. The summed E-state index contributed by atoms with van der Waals surface area (Å²) in [6.07, 6.45) is 0. The summed E-state index contributed by atoms with van der Waals surface area (Å²) in [4.78, 5) is 15.8. The maximum absolute atomic E-state index is 14.3. The summed E-state index contributed by atoms with van der Waals surface area (Å²) in [7, 11) is 1.66. The summed E-state index contributed by atoms with van der Waals surface area (Å²) < 4.78 is 29.9. The highest BCUT2D eigenvalue weighted by Gasteiger charge is 2.17. The van der Waals surface area contributed by atoms with Crippen LogP contribution in [0, 0.1) is 18.6 Å². The molecule has 0 radical (unpaired) electrons. The third kappa shape index (κ3) is 2.63. The number of carbonyl (C=O) groups is 1. The van der Waals surface area contributed by atoms with Crippen molar-refractivity contribution in [1.29, 1.82) is 0 Å². The number of rotatable bonds is 3. The number of anilines is 2. The van der Waals surface area contributed by atoms with Crippen LogP contribution in [-0.2, 0) is 7.05 Å². The lowest BCUT2D eigenvalue weighted by Gasteiger charge is -2.10. The van der Waals surface area contributed by atoms with E-state index in [-0.39, 0.29) is 28.0 Å². The van der Waals surface area contributed by atoms with Gasteiger partial charge in [0.05, 0.1) is 27.3 Å². The number of nitrogens with zero attached hydrogens (tertiary/aromatic N) is 2. The monoisotopic (exact) mass is 349 g/mol. The highest BCUT2D eigenvalue weighted by molar-refractivity contribution is 6.33. The van der Waals surface area contributed by atoms with E-state index in [1.165, 1.54) is 19.1 Å². The largest absolute Gasteiger partial charge is 0.322 e. The number of hydrogen-bond acceptors (Lipinski definition) is 3. The van der Waals surface area contributed by atoms with Crippen molar-refractivity contribution >= 4 is 40.1 Å². The van der Waals surface area contributed by atoms with Crippen molar-refractivity contribution < 1.29 is 13.6 Å². The second-order valence-corrected chi connectivity index (χ2v) is 5.96. The molecule has 1 N–H and O–H groups in total. The van der Waals surface area contributed by atoms with Crippen molar-refractivity contribution in [1.82, 2.24) is 9.55 Å². The maximum Gasteiger partial charge on any atom is 0.208 e. The molecule has 0 aliphatic rings. The van der Waals surface area contributed by atoms with Gasteiger partial charge in [0.1, 0.15) is 5.82 Å².